The summed E-state index contributed by atoms with van der Waals surface area (Å²) in [7, 11) is 3.11. The van der Waals surface area contributed by atoms with Crippen LogP contribution in [0.5, 0.6) is 11.5 Å². The molecule has 0 bridgehead atoms. The van der Waals surface area contributed by atoms with Crippen LogP contribution < -0.4 is 19.7 Å². The number of rotatable bonds is 12. The average Bonchev–Trinajstić information content (AvgIpc) is 3.75. The third-order valence-electron chi connectivity index (χ3n) is 9.24. The van der Waals surface area contributed by atoms with Gasteiger partial charge in [0.1, 0.15) is 6.26 Å². The van der Waals surface area contributed by atoms with Crippen molar-refractivity contribution < 1.29 is 28.3 Å². The molecule has 4 aromatic rings. The highest BCUT2D eigenvalue weighted by atomic mass is 16.5. The Hall–Kier alpha value is -5.09. The summed E-state index contributed by atoms with van der Waals surface area (Å²) in [6, 6.07) is 22.7. The van der Waals surface area contributed by atoms with Crippen molar-refractivity contribution in [1.82, 2.24) is 15.1 Å². The minimum Gasteiger partial charge on any atom is -0.493 e. The number of imide groups is 1. The summed E-state index contributed by atoms with van der Waals surface area (Å²) in [4.78, 5) is 46.9. The van der Waals surface area contributed by atoms with Crippen LogP contribution in [0.4, 0.5) is 5.69 Å². The minimum absolute atomic E-state index is 0.245. The molecule has 1 saturated heterocycles. The maximum atomic E-state index is 14.3. The molecule has 0 unspecified atom stereocenters. The number of fused-ring (bicyclic) bond motifs is 1. The van der Waals surface area contributed by atoms with Gasteiger partial charge in [0.05, 0.1) is 48.9 Å². The number of furan rings is 1. The van der Waals surface area contributed by atoms with Crippen molar-refractivity contribution in [1.29, 1.82) is 0 Å². The Morgan fingerprint density at radius 3 is 2.34 bits per heavy atom. The number of hydrogen-bond donors (Lipinski definition) is 1. The Balaban J connectivity index is 1.23. The Bertz CT molecular complexity index is 1720. The summed E-state index contributed by atoms with van der Waals surface area (Å²) in [5.74, 6) is 0.161. The second-order valence-corrected chi connectivity index (χ2v) is 11.8. The molecule has 0 aliphatic carbocycles. The van der Waals surface area contributed by atoms with Crippen molar-refractivity contribution in [2.45, 2.75) is 31.8 Å². The van der Waals surface area contributed by atoms with Crippen molar-refractivity contribution in [2.75, 3.05) is 51.8 Å². The smallest absolute Gasteiger partial charge is 0.264 e. The largest absolute Gasteiger partial charge is 0.493 e. The number of anilines is 1. The van der Waals surface area contributed by atoms with Gasteiger partial charge in [-0.1, -0.05) is 42.5 Å². The molecule has 244 valence electrons. The number of benzene rings is 3. The molecule has 0 radical (unpaired) electrons. The highest BCUT2D eigenvalue weighted by molar-refractivity contribution is 6.24. The summed E-state index contributed by atoms with van der Waals surface area (Å²) >= 11 is 0. The number of methoxy groups -OCH3 is 2. The van der Waals surface area contributed by atoms with E-state index in [-0.39, 0.29) is 23.8 Å². The predicted octanol–water partition coefficient (Wildman–Crippen LogP) is 5.73. The van der Waals surface area contributed by atoms with E-state index in [1.807, 2.05) is 30.3 Å². The monoisotopic (exact) mass is 636 g/mol. The van der Waals surface area contributed by atoms with Crippen LogP contribution in [-0.2, 0) is 0 Å². The molecule has 3 heterocycles. The molecule has 3 aromatic carbocycles. The molecular weight excluding hydrogens is 596 g/mol. The fourth-order valence-electron chi connectivity index (χ4n) is 6.62. The number of ether oxygens (including phenoxy) is 2. The van der Waals surface area contributed by atoms with Crippen LogP contribution in [0.2, 0.25) is 0 Å². The van der Waals surface area contributed by atoms with Gasteiger partial charge < -0.3 is 24.1 Å². The van der Waals surface area contributed by atoms with E-state index in [0.29, 0.717) is 47.6 Å². The Kier molecular flexibility index (Phi) is 9.58. The minimum atomic E-state index is -0.593. The molecule has 1 N–H and O–H groups in total. The second kappa shape index (κ2) is 14.1. The quantitative estimate of drug-likeness (QED) is 0.155. The third kappa shape index (κ3) is 6.46. The van der Waals surface area contributed by atoms with Gasteiger partial charge in [0, 0.05) is 38.8 Å². The van der Waals surface area contributed by atoms with Crippen LogP contribution in [0.1, 0.15) is 74.0 Å². The summed E-state index contributed by atoms with van der Waals surface area (Å²) in [5.41, 5.74) is 4.09. The van der Waals surface area contributed by atoms with Gasteiger partial charge in [-0.2, -0.15) is 0 Å². The van der Waals surface area contributed by atoms with Crippen LogP contribution in [0.15, 0.2) is 89.7 Å². The van der Waals surface area contributed by atoms with Crippen molar-refractivity contribution >= 4 is 23.4 Å². The summed E-state index contributed by atoms with van der Waals surface area (Å²) < 4.78 is 16.0. The molecule has 1 fully saturated rings. The normalized spacial score (nSPS) is 16.1. The molecule has 6 rings (SSSR count). The first-order chi connectivity index (χ1) is 22.9. The molecule has 1 aromatic heterocycles. The van der Waals surface area contributed by atoms with Gasteiger partial charge in [0.25, 0.3) is 17.7 Å². The molecule has 2 aliphatic rings. The standard InChI is InChI=1S/C37H40N4O6/c1-25(26-9-5-4-6-10-26)39-18-20-40(21-19-39)31-12-7-11-29-34(31)37(44)41(36(29)43)30(27-14-15-32(45-2)33(23-27)46-3)13-8-17-38-35(42)28-16-22-47-24-28/h4-7,9-12,14-16,22-25,30H,8,13,17-21H2,1-3H3,(H,38,42)/t25-,30-/m1/s1. The number of nitrogens with zero attached hydrogens (tertiary/aromatic N) is 3. The number of nitrogens with one attached hydrogen (secondary N) is 1. The molecule has 47 heavy (non-hydrogen) atoms. The third-order valence-corrected chi connectivity index (χ3v) is 9.24. The van der Waals surface area contributed by atoms with Gasteiger partial charge in [0.2, 0.25) is 0 Å². The van der Waals surface area contributed by atoms with E-state index in [1.165, 1.54) is 23.0 Å². The zero-order chi connectivity index (χ0) is 32.9. The van der Waals surface area contributed by atoms with E-state index in [0.717, 1.165) is 37.4 Å². The second-order valence-electron chi connectivity index (χ2n) is 11.8. The Labute approximate surface area is 274 Å². The van der Waals surface area contributed by atoms with Crippen molar-refractivity contribution in [3.05, 3.63) is 113 Å². The molecule has 0 spiro atoms. The number of hydrogen-bond acceptors (Lipinski definition) is 8. The summed E-state index contributed by atoms with van der Waals surface area (Å²) in [6.07, 6.45) is 3.79. The predicted molar refractivity (Wildman–Crippen MR) is 178 cm³/mol. The van der Waals surface area contributed by atoms with Crippen LogP contribution in [0.25, 0.3) is 0 Å². The van der Waals surface area contributed by atoms with Crippen LogP contribution in [0.3, 0.4) is 0 Å². The summed E-state index contributed by atoms with van der Waals surface area (Å²) in [5, 5.41) is 2.89. The van der Waals surface area contributed by atoms with Gasteiger partial charge in [-0.15, -0.1) is 0 Å². The molecule has 2 atom stereocenters. The average molecular weight is 637 g/mol. The van der Waals surface area contributed by atoms with E-state index in [2.05, 4.69) is 46.3 Å². The van der Waals surface area contributed by atoms with Crippen molar-refractivity contribution in [2.24, 2.45) is 0 Å². The maximum Gasteiger partial charge on any atom is 0.264 e. The lowest BCUT2D eigenvalue weighted by Gasteiger charge is -2.39. The van der Waals surface area contributed by atoms with Gasteiger partial charge in [-0.25, -0.2) is 0 Å². The SMILES string of the molecule is COc1ccc([C@@H](CCCNC(=O)c2ccoc2)N2C(=O)c3cccc(N4CCN([C@H](C)c5ccccc5)CC4)c3C2=O)cc1OC. The molecule has 2 aliphatic heterocycles. The summed E-state index contributed by atoms with van der Waals surface area (Å²) in [6.45, 7) is 5.74. The van der Waals surface area contributed by atoms with Gasteiger partial charge in [0.15, 0.2) is 11.5 Å². The first-order valence-electron chi connectivity index (χ1n) is 16.0. The fourth-order valence-corrected chi connectivity index (χ4v) is 6.62. The first kappa shape index (κ1) is 31.9. The molecule has 3 amide bonds. The lowest BCUT2D eigenvalue weighted by atomic mass is 9.99. The van der Waals surface area contributed by atoms with Crippen molar-refractivity contribution in [3.63, 3.8) is 0 Å². The first-order valence-corrected chi connectivity index (χ1v) is 16.0. The van der Waals surface area contributed by atoms with Gasteiger partial charge in [-0.05, 0) is 61.2 Å². The lowest BCUT2D eigenvalue weighted by molar-refractivity contribution is 0.0570. The zero-order valence-electron chi connectivity index (χ0n) is 27.0. The maximum absolute atomic E-state index is 14.3. The fraction of sp³-hybridized carbons (Fsp3) is 0.324. The van der Waals surface area contributed by atoms with Crippen LogP contribution >= 0.6 is 0 Å². The molecule has 10 nitrogen and oxygen atoms in total. The Morgan fingerprint density at radius 2 is 1.64 bits per heavy atom. The zero-order valence-corrected chi connectivity index (χ0v) is 27.0. The van der Waals surface area contributed by atoms with E-state index in [4.69, 9.17) is 13.9 Å². The van der Waals surface area contributed by atoms with Gasteiger partial charge in [-0.3, -0.25) is 24.2 Å². The molecular formula is C37H40N4O6. The van der Waals surface area contributed by atoms with Crippen molar-refractivity contribution in [3.8, 4) is 11.5 Å². The van der Waals surface area contributed by atoms with E-state index in [1.54, 1.807) is 32.4 Å². The van der Waals surface area contributed by atoms with E-state index >= 15 is 0 Å². The van der Waals surface area contributed by atoms with E-state index in [9.17, 15) is 14.4 Å². The highest BCUT2D eigenvalue weighted by Gasteiger charge is 2.43. The number of piperazine rings is 1. The Morgan fingerprint density at radius 1 is 0.872 bits per heavy atom. The van der Waals surface area contributed by atoms with Crippen LogP contribution in [-0.4, -0.2) is 74.5 Å². The topological polar surface area (TPSA) is 105 Å². The lowest BCUT2D eigenvalue weighted by Crippen LogP contribution is -2.47. The number of amides is 3. The highest BCUT2D eigenvalue weighted by Crippen LogP contribution is 2.40. The number of carbonyl (C=O) groups excluding carboxylic acids is 3. The molecule has 0 saturated carbocycles. The number of carbonyl (C=O) groups is 3. The van der Waals surface area contributed by atoms with Gasteiger partial charge >= 0.3 is 0 Å². The van der Waals surface area contributed by atoms with E-state index < -0.39 is 6.04 Å². The van der Waals surface area contributed by atoms with Crippen LogP contribution in [0, 0.1) is 0 Å². The molecule has 10 heteroatoms.